The molecule has 1 aliphatic carbocycles. The quantitative estimate of drug-likeness (QED) is 0.813. The number of hydrogen-bond donors (Lipinski definition) is 2. The Balaban J connectivity index is 2.01. The van der Waals surface area contributed by atoms with Crippen LogP contribution in [0.2, 0.25) is 0 Å². The van der Waals surface area contributed by atoms with Crippen molar-refractivity contribution in [2.45, 2.75) is 28.9 Å². The maximum atomic E-state index is 12.1. The first-order valence-electron chi connectivity index (χ1n) is 5.88. The van der Waals surface area contributed by atoms with E-state index in [0.29, 0.717) is 5.56 Å². The Morgan fingerprint density at radius 3 is 2.83 bits per heavy atom. The summed E-state index contributed by atoms with van der Waals surface area (Å²) < 4.78 is 1.07. The van der Waals surface area contributed by atoms with Crippen LogP contribution in [0.4, 0.5) is 0 Å². The molecule has 0 unspecified atom stereocenters. The lowest BCUT2D eigenvalue weighted by Gasteiger charge is -2.40. The van der Waals surface area contributed by atoms with E-state index in [-0.39, 0.29) is 10.7 Å². The van der Waals surface area contributed by atoms with Crippen LogP contribution in [0.15, 0.2) is 27.6 Å². The lowest BCUT2D eigenvalue weighted by molar-refractivity contribution is 0.0943. The van der Waals surface area contributed by atoms with Gasteiger partial charge in [0, 0.05) is 20.7 Å². The number of carbonyl (C=O) groups is 1. The molecule has 2 rings (SSSR count). The predicted molar refractivity (Wildman–Crippen MR) is 83.8 cm³/mol. The number of amides is 1. The van der Waals surface area contributed by atoms with E-state index in [9.17, 15) is 4.79 Å². The smallest absolute Gasteiger partial charge is 0.252 e. The van der Waals surface area contributed by atoms with Crippen molar-refractivity contribution in [3.8, 4) is 0 Å². The summed E-state index contributed by atoms with van der Waals surface area (Å²) in [5.74, 6) is -0.0295. The van der Waals surface area contributed by atoms with Gasteiger partial charge in [-0.1, -0.05) is 6.42 Å². The van der Waals surface area contributed by atoms with Crippen molar-refractivity contribution in [3.63, 3.8) is 0 Å². The summed E-state index contributed by atoms with van der Waals surface area (Å²) in [5.41, 5.74) is 0.651. The lowest BCUT2D eigenvalue weighted by Crippen LogP contribution is -2.45. The molecule has 5 heteroatoms. The highest BCUT2D eigenvalue weighted by Crippen LogP contribution is 2.42. The molecule has 1 amide bonds. The average molecular weight is 346 g/mol. The van der Waals surface area contributed by atoms with Crippen LogP contribution in [0.1, 0.15) is 29.6 Å². The van der Waals surface area contributed by atoms with E-state index in [0.717, 1.165) is 15.9 Å². The number of benzene rings is 1. The van der Waals surface area contributed by atoms with Crippen molar-refractivity contribution < 1.29 is 4.79 Å². The number of rotatable bonds is 4. The van der Waals surface area contributed by atoms with Crippen molar-refractivity contribution in [1.29, 1.82) is 0 Å². The van der Waals surface area contributed by atoms with Gasteiger partial charge < -0.3 is 5.32 Å². The standard InChI is InChI=1S/C13H16BrNOS2/c1-18-13(5-2-6-13)8-15-12(16)10-7-9(17)3-4-11(10)14/h3-4,7,17H,2,5-6,8H2,1H3,(H,15,16). The third-order valence-corrected chi connectivity index (χ3v) is 5.85. The maximum absolute atomic E-state index is 12.1. The first-order chi connectivity index (χ1) is 8.56. The SMILES string of the molecule is CSC1(CNC(=O)c2cc(S)ccc2Br)CCC1. The second kappa shape index (κ2) is 5.88. The lowest BCUT2D eigenvalue weighted by atomic mass is 9.84. The van der Waals surface area contributed by atoms with Gasteiger partial charge in [0.05, 0.1) is 5.56 Å². The van der Waals surface area contributed by atoms with Gasteiger partial charge in [-0.3, -0.25) is 4.79 Å². The van der Waals surface area contributed by atoms with Gasteiger partial charge in [-0.2, -0.15) is 11.8 Å². The highest BCUT2D eigenvalue weighted by atomic mass is 79.9. The fourth-order valence-corrected chi connectivity index (χ4v) is 3.59. The number of hydrogen-bond acceptors (Lipinski definition) is 3. The number of nitrogens with one attached hydrogen (secondary N) is 1. The summed E-state index contributed by atoms with van der Waals surface area (Å²) >= 11 is 9.53. The minimum atomic E-state index is -0.0295. The molecule has 0 spiro atoms. The molecule has 1 saturated carbocycles. The first-order valence-corrected chi connectivity index (χ1v) is 8.35. The van der Waals surface area contributed by atoms with E-state index in [1.165, 1.54) is 19.3 Å². The van der Waals surface area contributed by atoms with Crippen LogP contribution >= 0.6 is 40.3 Å². The molecule has 0 aromatic heterocycles. The molecule has 0 heterocycles. The fraction of sp³-hybridized carbons (Fsp3) is 0.462. The summed E-state index contributed by atoms with van der Waals surface area (Å²) in [6, 6.07) is 5.50. The van der Waals surface area contributed by atoms with Crippen LogP contribution in [0.3, 0.4) is 0 Å². The predicted octanol–water partition coefficient (Wildman–Crippen LogP) is 3.75. The van der Waals surface area contributed by atoms with Gasteiger partial charge in [-0.05, 0) is 53.2 Å². The topological polar surface area (TPSA) is 29.1 Å². The molecule has 18 heavy (non-hydrogen) atoms. The molecule has 0 bridgehead atoms. The van der Waals surface area contributed by atoms with E-state index in [2.05, 4.69) is 40.1 Å². The Hall–Kier alpha value is -0.130. The van der Waals surface area contributed by atoms with Gasteiger partial charge in [0.15, 0.2) is 0 Å². The summed E-state index contributed by atoms with van der Waals surface area (Å²) in [6.07, 6.45) is 5.78. The van der Waals surface area contributed by atoms with Crippen LogP contribution in [-0.2, 0) is 0 Å². The molecule has 0 saturated heterocycles. The zero-order chi connectivity index (χ0) is 13.2. The van der Waals surface area contributed by atoms with Crippen LogP contribution in [-0.4, -0.2) is 23.5 Å². The van der Waals surface area contributed by atoms with Gasteiger partial charge in [0.2, 0.25) is 0 Å². The van der Waals surface area contributed by atoms with E-state index in [1.807, 2.05) is 23.9 Å². The minimum absolute atomic E-state index is 0.0295. The Morgan fingerprint density at radius 1 is 1.56 bits per heavy atom. The first kappa shape index (κ1) is 14.3. The molecule has 1 N–H and O–H groups in total. The van der Waals surface area contributed by atoms with E-state index >= 15 is 0 Å². The number of carbonyl (C=O) groups excluding carboxylic acids is 1. The molecule has 1 fully saturated rings. The average Bonchev–Trinajstić information content (AvgIpc) is 2.31. The Labute approximate surface area is 126 Å². The number of thioether (sulfide) groups is 1. The normalized spacial score (nSPS) is 17.1. The van der Waals surface area contributed by atoms with Gasteiger partial charge >= 0.3 is 0 Å². The van der Waals surface area contributed by atoms with Crippen molar-refractivity contribution in [1.82, 2.24) is 5.32 Å². The minimum Gasteiger partial charge on any atom is -0.351 e. The third kappa shape index (κ3) is 3.06. The summed E-state index contributed by atoms with van der Waals surface area (Å²) in [6.45, 7) is 0.746. The van der Waals surface area contributed by atoms with Gasteiger partial charge in [0.25, 0.3) is 5.91 Å². The second-order valence-corrected chi connectivity index (χ2v) is 7.23. The molecule has 98 valence electrons. The summed E-state index contributed by atoms with van der Waals surface area (Å²) in [4.78, 5) is 12.9. The molecule has 1 aromatic rings. The van der Waals surface area contributed by atoms with E-state index in [4.69, 9.17) is 0 Å². The van der Waals surface area contributed by atoms with Crippen molar-refractivity contribution in [3.05, 3.63) is 28.2 Å². The second-order valence-electron chi connectivity index (χ2n) is 4.59. The van der Waals surface area contributed by atoms with Crippen LogP contribution in [0, 0.1) is 0 Å². The molecule has 1 aliphatic rings. The summed E-state index contributed by atoms with van der Waals surface area (Å²) in [7, 11) is 0. The van der Waals surface area contributed by atoms with E-state index < -0.39 is 0 Å². The Bertz CT molecular complexity index is 455. The Morgan fingerprint density at radius 2 is 2.28 bits per heavy atom. The maximum Gasteiger partial charge on any atom is 0.252 e. The van der Waals surface area contributed by atoms with Gasteiger partial charge in [-0.15, -0.1) is 12.6 Å². The monoisotopic (exact) mass is 345 g/mol. The zero-order valence-electron chi connectivity index (χ0n) is 10.2. The molecular formula is C13H16BrNOS2. The highest BCUT2D eigenvalue weighted by Gasteiger charge is 2.36. The van der Waals surface area contributed by atoms with Crippen LogP contribution in [0.5, 0.6) is 0 Å². The zero-order valence-corrected chi connectivity index (χ0v) is 13.5. The largest absolute Gasteiger partial charge is 0.351 e. The molecule has 0 atom stereocenters. The van der Waals surface area contributed by atoms with Gasteiger partial charge in [-0.25, -0.2) is 0 Å². The third-order valence-electron chi connectivity index (χ3n) is 3.46. The van der Waals surface area contributed by atoms with Gasteiger partial charge in [0.1, 0.15) is 0 Å². The number of halogens is 1. The Kier molecular flexibility index (Phi) is 4.67. The molecule has 2 nitrogen and oxygen atoms in total. The molecular weight excluding hydrogens is 330 g/mol. The highest BCUT2D eigenvalue weighted by molar-refractivity contribution is 9.10. The van der Waals surface area contributed by atoms with Crippen molar-refractivity contribution in [2.24, 2.45) is 0 Å². The van der Waals surface area contributed by atoms with Crippen LogP contribution < -0.4 is 5.32 Å². The summed E-state index contributed by atoms with van der Waals surface area (Å²) in [5, 5.41) is 3.04. The molecule has 1 aromatic carbocycles. The van der Waals surface area contributed by atoms with Crippen molar-refractivity contribution >= 4 is 46.2 Å². The van der Waals surface area contributed by atoms with Crippen LogP contribution in [0.25, 0.3) is 0 Å². The van der Waals surface area contributed by atoms with Crippen molar-refractivity contribution in [2.75, 3.05) is 12.8 Å². The number of thiol groups is 1. The van der Waals surface area contributed by atoms with E-state index in [1.54, 1.807) is 6.07 Å². The molecule has 0 radical (unpaired) electrons. The molecule has 0 aliphatic heterocycles. The fourth-order valence-electron chi connectivity index (χ4n) is 2.05.